The third-order valence-electron chi connectivity index (χ3n) is 2.94. The maximum absolute atomic E-state index is 12.0. The summed E-state index contributed by atoms with van der Waals surface area (Å²) in [4.78, 5) is 23.8. The van der Waals surface area contributed by atoms with Crippen molar-refractivity contribution in [2.75, 3.05) is 19.8 Å². The number of hydrogen-bond acceptors (Lipinski definition) is 4. The van der Waals surface area contributed by atoms with Gasteiger partial charge in [-0.25, -0.2) is 0 Å². The van der Waals surface area contributed by atoms with Crippen molar-refractivity contribution in [1.82, 2.24) is 19.7 Å². The van der Waals surface area contributed by atoms with Gasteiger partial charge in [0.05, 0.1) is 24.1 Å². The minimum absolute atomic E-state index is 0.0824. The minimum Gasteiger partial charge on any atom is -0.370 e. The number of amides is 1. The van der Waals surface area contributed by atoms with Crippen molar-refractivity contribution in [2.45, 2.75) is 6.18 Å². The van der Waals surface area contributed by atoms with Crippen LogP contribution >= 0.6 is 0 Å². The number of aromatic nitrogens is 3. The second kappa shape index (κ2) is 7.30. The lowest BCUT2D eigenvalue weighted by molar-refractivity contribution is -0.173. The number of alkyl halides is 3. The van der Waals surface area contributed by atoms with Gasteiger partial charge in [-0.1, -0.05) is 0 Å². The van der Waals surface area contributed by atoms with Crippen LogP contribution < -0.4 is 10.9 Å². The second-order valence-electron chi connectivity index (χ2n) is 4.92. The molecular weight excluding hydrogens is 329 g/mol. The van der Waals surface area contributed by atoms with Crippen LogP contribution in [-0.2, 0) is 11.8 Å². The summed E-state index contributed by atoms with van der Waals surface area (Å²) in [6.07, 6.45) is 0.0105. The van der Waals surface area contributed by atoms with Crippen LogP contribution in [0.5, 0.6) is 0 Å². The number of aryl methyl sites for hydroxylation is 1. The molecule has 0 unspecified atom stereocenters. The van der Waals surface area contributed by atoms with E-state index in [1.807, 2.05) is 0 Å². The number of rotatable bonds is 6. The molecule has 7 nitrogen and oxygen atoms in total. The molecule has 0 aromatic carbocycles. The van der Waals surface area contributed by atoms with E-state index in [0.717, 1.165) is 0 Å². The highest BCUT2D eigenvalue weighted by molar-refractivity contribution is 5.93. The lowest BCUT2D eigenvalue weighted by Gasteiger charge is -2.09. The Morgan fingerprint density at radius 2 is 2.08 bits per heavy atom. The second-order valence-corrected chi connectivity index (χ2v) is 4.92. The Morgan fingerprint density at radius 1 is 1.33 bits per heavy atom. The van der Waals surface area contributed by atoms with Gasteiger partial charge in [0.25, 0.3) is 11.5 Å². The summed E-state index contributed by atoms with van der Waals surface area (Å²) in [5, 5.41) is 6.37. The lowest BCUT2D eigenvalue weighted by Crippen LogP contribution is -2.30. The lowest BCUT2D eigenvalue weighted by atomic mass is 10.2. The molecule has 0 atom stereocenters. The smallest absolute Gasteiger partial charge is 0.370 e. The molecule has 0 aliphatic carbocycles. The predicted molar refractivity (Wildman–Crippen MR) is 78.0 cm³/mol. The minimum atomic E-state index is -4.40. The van der Waals surface area contributed by atoms with Gasteiger partial charge in [-0.15, -0.1) is 0 Å². The van der Waals surface area contributed by atoms with Crippen molar-refractivity contribution in [3.05, 3.63) is 46.6 Å². The molecule has 0 saturated carbocycles. The Hall–Kier alpha value is -2.62. The van der Waals surface area contributed by atoms with E-state index in [4.69, 9.17) is 0 Å². The Kier molecular flexibility index (Phi) is 5.39. The summed E-state index contributed by atoms with van der Waals surface area (Å²) in [5.74, 6) is -0.525. The molecule has 0 saturated heterocycles. The molecule has 2 heterocycles. The fourth-order valence-corrected chi connectivity index (χ4v) is 1.88. The topological polar surface area (TPSA) is 78.1 Å². The van der Waals surface area contributed by atoms with Gasteiger partial charge >= 0.3 is 6.18 Å². The van der Waals surface area contributed by atoms with Crippen LogP contribution in [0.25, 0.3) is 5.69 Å². The molecule has 2 aromatic rings. The molecule has 0 bridgehead atoms. The van der Waals surface area contributed by atoms with Crippen LogP contribution in [0.4, 0.5) is 13.2 Å². The van der Waals surface area contributed by atoms with E-state index in [-0.39, 0.29) is 24.3 Å². The Bertz CT molecular complexity index is 767. The van der Waals surface area contributed by atoms with Crippen molar-refractivity contribution < 1.29 is 22.7 Å². The predicted octanol–water partition coefficient (Wildman–Crippen LogP) is 0.880. The molecule has 0 fully saturated rings. The van der Waals surface area contributed by atoms with Gasteiger partial charge < -0.3 is 10.1 Å². The highest BCUT2D eigenvalue weighted by Crippen LogP contribution is 2.14. The number of carbonyl (C=O) groups is 1. The van der Waals surface area contributed by atoms with Gasteiger partial charge in [-0.05, 0) is 6.07 Å². The van der Waals surface area contributed by atoms with Gasteiger partial charge in [0.2, 0.25) is 0 Å². The van der Waals surface area contributed by atoms with Crippen molar-refractivity contribution >= 4 is 5.91 Å². The average Bonchev–Trinajstić information content (AvgIpc) is 2.92. The highest BCUT2D eigenvalue weighted by Gasteiger charge is 2.27. The monoisotopic (exact) mass is 344 g/mol. The Labute approximate surface area is 134 Å². The molecule has 0 aliphatic rings. The first-order chi connectivity index (χ1) is 11.3. The Balaban J connectivity index is 1.97. The first kappa shape index (κ1) is 17.7. The van der Waals surface area contributed by atoms with E-state index in [1.165, 1.54) is 33.8 Å². The third-order valence-corrected chi connectivity index (χ3v) is 2.94. The molecule has 0 aliphatic heterocycles. The van der Waals surface area contributed by atoms with Crippen LogP contribution in [0.2, 0.25) is 0 Å². The standard InChI is InChI=1S/C14H15F3N4O3/c1-20-8-11(6-19-20)21-7-10(2-3-12(21)22)13(23)18-4-5-24-9-14(15,16)17/h2-3,6-8H,4-5,9H2,1H3,(H,18,23). The zero-order chi connectivity index (χ0) is 17.7. The number of halogens is 3. The van der Waals surface area contributed by atoms with Gasteiger partial charge in [-0.2, -0.15) is 18.3 Å². The van der Waals surface area contributed by atoms with Crippen molar-refractivity contribution in [3.8, 4) is 5.69 Å². The summed E-state index contributed by atoms with van der Waals surface area (Å²) in [7, 11) is 1.69. The number of ether oxygens (including phenoxy) is 1. The number of pyridine rings is 1. The molecule has 10 heteroatoms. The van der Waals surface area contributed by atoms with Crippen molar-refractivity contribution in [2.24, 2.45) is 7.05 Å². The Morgan fingerprint density at radius 3 is 2.71 bits per heavy atom. The molecule has 1 N–H and O–H groups in total. The number of nitrogens with zero attached hydrogens (tertiary/aromatic N) is 3. The summed E-state index contributed by atoms with van der Waals surface area (Å²) < 4.78 is 42.9. The van der Waals surface area contributed by atoms with Crippen LogP contribution in [0.3, 0.4) is 0 Å². The van der Waals surface area contributed by atoms with Crippen LogP contribution in [0.15, 0.2) is 35.5 Å². The van der Waals surface area contributed by atoms with Crippen LogP contribution in [0.1, 0.15) is 10.4 Å². The SMILES string of the molecule is Cn1cc(-n2cc(C(=O)NCCOCC(F)(F)F)ccc2=O)cn1. The molecule has 130 valence electrons. The van der Waals surface area contributed by atoms with Gasteiger partial charge in [0.15, 0.2) is 0 Å². The number of nitrogens with one attached hydrogen (secondary N) is 1. The van der Waals surface area contributed by atoms with Crippen LogP contribution in [0, 0.1) is 0 Å². The van der Waals surface area contributed by atoms with E-state index in [9.17, 15) is 22.8 Å². The molecular formula is C14H15F3N4O3. The maximum atomic E-state index is 12.0. The van der Waals surface area contributed by atoms with E-state index >= 15 is 0 Å². The normalized spacial score (nSPS) is 11.5. The van der Waals surface area contributed by atoms with Gasteiger partial charge in [0.1, 0.15) is 6.61 Å². The molecule has 0 radical (unpaired) electrons. The van der Waals surface area contributed by atoms with Gasteiger partial charge in [0, 0.05) is 32.1 Å². The van der Waals surface area contributed by atoms with Crippen LogP contribution in [-0.4, -0.2) is 46.2 Å². The average molecular weight is 344 g/mol. The van der Waals surface area contributed by atoms with E-state index in [2.05, 4.69) is 15.2 Å². The largest absolute Gasteiger partial charge is 0.411 e. The first-order valence-electron chi connectivity index (χ1n) is 6.91. The maximum Gasteiger partial charge on any atom is 0.411 e. The molecule has 0 spiro atoms. The third kappa shape index (κ3) is 4.95. The fraction of sp³-hybridized carbons (Fsp3) is 0.357. The van der Waals surface area contributed by atoms with Gasteiger partial charge in [-0.3, -0.25) is 18.8 Å². The summed E-state index contributed by atoms with van der Waals surface area (Å²) >= 11 is 0. The number of hydrogen-bond donors (Lipinski definition) is 1. The quantitative estimate of drug-likeness (QED) is 0.789. The summed E-state index contributed by atoms with van der Waals surface area (Å²) in [5.41, 5.74) is 0.341. The van der Waals surface area contributed by atoms with E-state index < -0.39 is 18.7 Å². The molecule has 24 heavy (non-hydrogen) atoms. The summed E-state index contributed by atoms with van der Waals surface area (Å²) in [6.45, 7) is -1.72. The van der Waals surface area contributed by atoms with Crippen molar-refractivity contribution in [3.63, 3.8) is 0 Å². The molecule has 2 rings (SSSR count). The molecule has 2 aromatic heterocycles. The van der Waals surface area contributed by atoms with E-state index in [0.29, 0.717) is 5.69 Å². The van der Waals surface area contributed by atoms with Crippen molar-refractivity contribution in [1.29, 1.82) is 0 Å². The molecule has 1 amide bonds. The summed E-state index contributed by atoms with van der Waals surface area (Å²) in [6, 6.07) is 2.56. The van der Waals surface area contributed by atoms with E-state index in [1.54, 1.807) is 13.2 Å². The first-order valence-corrected chi connectivity index (χ1v) is 6.91. The number of carbonyl (C=O) groups excluding carboxylic acids is 1. The zero-order valence-corrected chi connectivity index (χ0v) is 12.7. The zero-order valence-electron chi connectivity index (χ0n) is 12.7. The fourth-order valence-electron chi connectivity index (χ4n) is 1.88. The highest BCUT2D eigenvalue weighted by atomic mass is 19.4.